The third kappa shape index (κ3) is 6.77. The summed E-state index contributed by atoms with van der Waals surface area (Å²) in [5.74, 6) is 0.842. The van der Waals surface area contributed by atoms with Crippen molar-refractivity contribution in [3.8, 4) is 0 Å². The predicted molar refractivity (Wildman–Crippen MR) is 118 cm³/mol. The summed E-state index contributed by atoms with van der Waals surface area (Å²) in [7, 11) is -1.21. The van der Waals surface area contributed by atoms with Crippen LogP contribution in [-0.2, 0) is 16.6 Å². The molecule has 8 heteroatoms. The van der Waals surface area contributed by atoms with Gasteiger partial charge in [-0.05, 0) is 55.9 Å². The van der Waals surface area contributed by atoms with Crippen LogP contribution in [-0.4, -0.2) is 65.7 Å². The van der Waals surface area contributed by atoms with E-state index >= 15 is 0 Å². The molecule has 158 valence electrons. The molecule has 1 atom stereocenters. The molecular formula is C21H28BrN3O3S. The maximum absolute atomic E-state index is 12.4. The van der Waals surface area contributed by atoms with Crippen molar-refractivity contribution in [3.63, 3.8) is 0 Å². The summed E-state index contributed by atoms with van der Waals surface area (Å²) >= 11 is 3.37. The molecule has 1 aliphatic rings. The maximum Gasteiger partial charge on any atom is 0.286 e. The largest absolute Gasteiger partial charge is 0.455 e. The minimum atomic E-state index is -1.21. The first kappa shape index (κ1) is 22.2. The molecule has 2 heterocycles. The summed E-state index contributed by atoms with van der Waals surface area (Å²) in [5.41, 5.74) is 0. The number of halogens is 1. The van der Waals surface area contributed by atoms with E-state index in [0.717, 1.165) is 55.1 Å². The molecule has 3 rings (SSSR count). The first-order valence-corrected chi connectivity index (χ1v) is 12.1. The second-order valence-electron chi connectivity index (χ2n) is 7.10. The number of carbonyl (C=O) groups is 1. The Morgan fingerprint density at radius 3 is 2.48 bits per heavy atom. The summed E-state index contributed by atoms with van der Waals surface area (Å²) in [6.45, 7) is 9.37. The van der Waals surface area contributed by atoms with E-state index in [1.165, 1.54) is 0 Å². The topological polar surface area (TPSA) is 65.8 Å². The highest BCUT2D eigenvalue weighted by molar-refractivity contribution is 9.10. The molecule has 2 aromatic rings. The molecule has 0 bridgehead atoms. The van der Waals surface area contributed by atoms with Gasteiger partial charge in [0.25, 0.3) is 5.91 Å². The van der Waals surface area contributed by atoms with Gasteiger partial charge in [0.15, 0.2) is 5.76 Å². The average Bonchev–Trinajstić information content (AvgIpc) is 3.20. The van der Waals surface area contributed by atoms with E-state index in [1.54, 1.807) is 12.1 Å². The van der Waals surface area contributed by atoms with E-state index < -0.39 is 10.8 Å². The van der Waals surface area contributed by atoms with Crippen LogP contribution in [0.5, 0.6) is 0 Å². The Bertz CT molecular complexity index is 817. The van der Waals surface area contributed by atoms with Gasteiger partial charge in [0.05, 0.1) is 16.6 Å². The van der Waals surface area contributed by atoms with Gasteiger partial charge in [-0.3, -0.25) is 9.00 Å². The molecule has 0 unspecified atom stereocenters. The molecule has 0 saturated carbocycles. The number of carbonyl (C=O) groups excluding carboxylic acids is 1. The zero-order valence-electron chi connectivity index (χ0n) is 16.7. The number of hydrogen-bond donors (Lipinski definition) is 1. The van der Waals surface area contributed by atoms with Crippen molar-refractivity contribution in [3.05, 3.63) is 52.4 Å². The van der Waals surface area contributed by atoms with Crippen LogP contribution in [0, 0.1) is 0 Å². The number of piperazine rings is 1. The van der Waals surface area contributed by atoms with Crippen LogP contribution in [0.4, 0.5) is 0 Å². The van der Waals surface area contributed by atoms with Crippen molar-refractivity contribution < 1.29 is 13.4 Å². The fourth-order valence-electron chi connectivity index (χ4n) is 3.30. The molecule has 1 saturated heterocycles. The van der Waals surface area contributed by atoms with Gasteiger partial charge in [0.1, 0.15) is 5.76 Å². The first-order valence-electron chi connectivity index (χ1n) is 10.0. The Morgan fingerprint density at radius 2 is 1.79 bits per heavy atom. The summed E-state index contributed by atoms with van der Waals surface area (Å²) < 4.78 is 19.0. The van der Waals surface area contributed by atoms with Gasteiger partial charge < -0.3 is 19.5 Å². The Balaban J connectivity index is 1.39. The van der Waals surface area contributed by atoms with Crippen LogP contribution in [0.15, 0.2) is 50.2 Å². The van der Waals surface area contributed by atoms with Crippen LogP contribution < -0.4 is 5.32 Å². The molecular weight excluding hydrogens is 454 g/mol. The van der Waals surface area contributed by atoms with Crippen LogP contribution in [0.1, 0.15) is 29.7 Å². The monoisotopic (exact) mass is 481 g/mol. The van der Waals surface area contributed by atoms with Gasteiger partial charge >= 0.3 is 0 Å². The van der Waals surface area contributed by atoms with Gasteiger partial charge in [0.2, 0.25) is 0 Å². The van der Waals surface area contributed by atoms with E-state index in [0.29, 0.717) is 12.3 Å². The third-order valence-electron chi connectivity index (χ3n) is 5.08. The second kappa shape index (κ2) is 11.1. The minimum absolute atomic E-state index is 0.221. The molecule has 1 aliphatic heterocycles. The lowest BCUT2D eigenvalue weighted by Crippen LogP contribution is -2.46. The molecule has 0 spiro atoms. The fourth-order valence-corrected chi connectivity index (χ4v) is 4.58. The van der Waals surface area contributed by atoms with E-state index in [-0.39, 0.29) is 17.4 Å². The molecule has 1 fully saturated rings. The summed E-state index contributed by atoms with van der Waals surface area (Å²) in [6, 6.07) is 10.7. The van der Waals surface area contributed by atoms with Crippen LogP contribution >= 0.6 is 15.9 Å². The molecule has 1 N–H and O–H groups in total. The first-order chi connectivity index (χ1) is 14.0. The highest BCUT2D eigenvalue weighted by Crippen LogP contribution is 2.17. The van der Waals surface area contributed by atoms with Crippen LogP contribution in [0.2, 0.25) is 0 Å². The molecule has 0 aliphatic carbocycles. The molecule has 29 heavy (non-hydrogen) atoms. The lowest BCUT2D eigenvalue weighted by molar-refractivity contribution is 0.0919. The lowest BCUT2D eigenvalue weighted by atomic mass is 10.3. The number of benzene rings is 1. The molecule has 1 aromatic heterocycles. The van der Waals surface area contributed by atoms with E-state index in [4.69, 9.17) is 4.42 Å². The minimum Gasteiger partial charge on any atom is -0.455 e. The van der Waals surface area contributed by atoms with Crippen molar-refractivity contribution >= 4 is 32.6 Å². The molecule has 1 aromatic carbocycles. The van der Waals surface area contributed by atoms with Gasteiger partial charge in [-0.2, -0.15) is 0 Å². The normalized spacial score (nSPS) is 16.6. The van der Waals surface area contributed by atoms with Crippen molar-refractivity contribution in [2.45, 2.75) is 24.0 Å². The highest BCUT2D eigenvalue weighted by atomic mass is 79.9. The smallest absolute Gasteiger partial charge is 0.286 e. The Kier molecular flexibility index (Phi) is 8.47. The summed E-state index contributed by atoms with van der Waals surface area (Å²) in [6.07, 6.45) is 0.916. The average molecular weight is 482 g/mol. The Morgan fingerprint density at radius 1 is 1.10 bits per heavy atom. The number of furan rings is 1. The zero-order chi connectivity index (χ0) is 20.6. The lowest BCUT2D eigenvalue weighted by Gasteiger charge is -2.33. The number of amides is 1. The summed E-state index contributed by atoms with van der Waals surface area (Å²) in [5, 5.41) is 2.91. The Labute approximate surface area is 183 Å². The Hall–Kier alpha value is -1.48. The third-order valence-corrected chi connectivity index (χ3v) is 6.96. The fraction of sp³-hybridized carbons (Fsp3) is 0.476. The van der Waals surface area contributed by atoms with Gasteiger partial charge in [0, 0.05) is 42.1 Å². The van der Waals surface area contributed by atoms with Crippen molar-refractivity contribution in [2.75, 3.05) is 45.8 Å². The van der Waals surface area contributed by atoms with Crippen molar-refractivity contribution in [2.24, 2.45) is 0 Å². The van der Waals surface area contributed by atoms with Gasteiger partial charge in [-0.25, -0.2) is 0 Å². The molecule has 1 amide bonds. The molecule has 0 radical (unpaired) electrons. The van der Waals surface area contributed by atoms with E-state index in [1.807, 2.05) is 24.3 Å². The summed E-state index contributed by atoms with van der Waals surface area (Å²) in [4.78, 5) is 17.9. The second-order valence-corrected chi connectivity index (χ2v) is 9.46. The van der Waals surface area contributed by atoms with Crippen molar-refractivity contribution in [1.82, 2.24) is 15.1 Å². The van der Waals surface area contributed by atoms with E-state index in [2.05, 4.69) is 38.0 Å². The predicted octanol–water partition coefficient (Wildman–Crippen LogP) is 3.11. The number of nitrogens with one attached hydrogen (secondary N) is 1. The van der Waals surface area contributed by atoms with E-state index in [9.17, 15) is 9.00 Å². The highest BCUT2D eigenvalue weighted by Gasteiger charge is 2.16. The van der Waals surface area contributed by atoms with Crippen molar-refractivity contribution in [1.29, 1.82) is 0 Å². The van der Waals surface area contributed by atoms with Gasteiger partial charge in [-0.1, -0.05) is 22.9 Å². The number of nitrogens with zero attached hydrogens (tertiary/aromatic N) is 2. The molecule has 6 nitrogen and oxygen atoms in total. The van der Waals surface area contributed by atoms with Gasteiger partial charge in [-0.15, -0.1) is 0 Å². The zero-order valence-corrected chi connectivity index (χ0v) is 19.1. The number of rotatable bonds is 9. The SMILES string of the molecule is CCN1CCN(CCCNC(=O)c2ccc(C[S@](=O)c3ccc(Br)cc3)o2)CC1. The number of hydrogen-bond acceptors (Lipinski definition) is 5. The van der Waals surface area contributed by atoms with Crippen LogP contribution in [0.3, 0.4) is 0 Å². The standard InChI is InChI=1S/C21H28BrN3O3S/c1-2-24-12-14-25(15-13-24)11-3-10-23-21(26)20-9-6-18(28-20)16-29(27)19-7-4-17(22)5-8-19/h4-9H,2-3,10-16H2,1H3,(H,23,26)/t29-/m0/s1. The quantitative estimate of drug-likeness (QED) is 0.557. The number of likely N-dealkylation sites (N-methyl/N-ethyl adjacent to an activating group) is 1. The maximum atomic E-state index is 12.4. The van der Waals surface area contributed by atoms with Crippen LogP contribution in [0.25, 0.3) is 0 Å².